The number of hydrogen-bond donors (Lipinski definition) is 1. The number of sulfone groups is 1. The van der Waals surface area contributed by atoms with Crippen molar-refractivity contribution in [2.24, 2.45) is 5.92 Å². The first-order chi connectivity index (χ1) is 7.42. The van der Waals surface area contributed by atoms with E-state index in [4.69, 9.17) is 0 Å². The van der Waals surface area contributed by atoms with Gasteiger partial charge in [0.1, 0.15) is 10.3 Å². The van der Waals surface area contributed by atoms with Gasteiger partial charge in [-0.05, 0) is 19.8 Å². The van der Waals surface area contributed by atoms with Gasteiger partial charge in [-0.25, -0.2) is 8.42 Å². The number of hydrogen-bond acceptors (Lipinski definition) is 4. The molecule has 1 fully saturated rings. The molecule has 0 spiro atoms. The molecule has 0 saturated carbocycles. The molecule has 0 aromatic rings. The lowest BCUT2D eigenvalue weighted by Gasteiger charge is -2.50. The Hall–Kier alpha value is -0.620. The third-order valence-corrected chi connectivity index (χ3v) is 5.76. The summed E-state index contributed by atoms with van der Waals surface area (Å²) in [6.07, 6.45) is 1.05. The molecule has 1 rings (SSSR count). The number of carbonyl (C=O) groups is 1. The fourth-order valence-electron chi connectivity index (χ4n) is 1.66. The number of aliphatic hydroxyl groups is 1. The van der Waals surface area contributed by atoms with Crippen molar-refractivity contribution in [3.8, 4) is 0 Å². The summed E-state index contributed by atoms with van der Waals surface area (Å²) < 4.78 is 21.6. The van der Waals surface area contributed by atoms with E-state index in [0.29, 0.717) is 0 Å². The number of carbonyl (C=O) groups excluding carboxylic acids is 1. The van der Waals surface area contributed by atoms with Crippen LogP contribution in [0.5, 0.6) is 0 Å². The van der Waals surface area contributed by atoms with Crippen LogP contribution in [0.1, 0.15) is 27.7 Å². The zero-order valence-corrected chi connectivity index (χ0v) is 11.8. The van der Waals surface area contributed by atoms with E-state index in [2.05, 4.69) is 0 Å². The van der Waals surface area contributed by atoms with E-state index in [0.717, 1.165) is 6.26 Å². The number of likely N-dealkylation sites (tertiary alicyclic amines) is 1. The van der Waals surface area contributed by atoms with E-state index in [1.807, 2.05) is 13.8 Å². The average Bonchev–Trinajstić information content (AvgIpc) is 2.09. The number of amides is 1. The molecule has 1 N–H and O–H groups in total. The Morgan fingerprint density at radius 3 is 2.06 bits per heavy atom. The minimum atomic E-state index is -3.45. The molecule has 0 atom stereocenters. The summed E-state index contributed by atoms with van der Waals surface area (Å²) in [5.41, 5.74) is -0.872. The lowest BCUT2D eigenvalue weighted by molar-refractivity contribution is -0.165. The molecule has 5 nitrogen and oxygen atoms in total. The Morgan fingerprint density at radius 2 is 1.76 bits per heavy atom. The van der Waals surface area contributed by atoms with E-state index in [9.17, 15) is 18.3 Å². The van der Waals surface area contributed by atoms with Gasteiger partial charge in [-0.1, -0.05) is 13.8 Å². The normalized spacial score (nSPS) is 20.3. The zero-order chi connectivity index (χ0) is 13.6. The second kappa shape index (κ2) is 3.95. The van der Waals surface area contributed by atoms with Gasteiger partial charge in [0, 0.05) is 6.26 Å². The maximum Gasteiger partial charge on any atom is 0.243 e. The predicted octanol–water partition coefficient (Wildman–Crippen LogP) is 0.0389. The Morgan fingerprint density at radius 1 is 1.35 bits per heavy atom. The first kappa shape index (κ1) is 14.4. The molecular formula is C11H21NO4S. The lowest BCUT2D eigenvalue weighted by atomic mass is 9.82. The van der Waals surface area contributed by atoms with Crippen molar-refractivity contribution < 1.29 is 18.3 Å². The van der Waals surface area contributed by atoms with Gasteiger partial charge in [0.2, 0.25) is 5.91 Å². The molecule has 1 heterocycles. The Kier molecular flexibility index (Phi) is 3.35. The quantitative estimate of drug-likeness (QED) is 0.780. The van der Waals surface area contributed by atoms with Gasteiger partial charge in [-0.3, -0.25) is 4.79 Å². The molecule has 6 heteroatoms. The van der Waals surface area contributed by atoms with Crippen LogP contribution in [0.2, 0.25) is 0 Å². The molecule has 0 aliphatic carbocycles. The van der Waals surface area contributed by atoms with Crippen LogP contribution in [0.15, 0.2) is 0 Å². The monoisotopic (exact) mass is 263 g/mol. The molecule has 1 aliphatic heterocycles. The van der Waals surface area contributed by atoms with E-state index in [1.54, 1.807) is 0 Å². The molecule has 1 amide bonds. The van der Waals surface area contributed by atoms with Crippen LogP contribution < -0.4 is 0 Å². The van der Waals surface area contributed by atoms with E-state index < -0.39 is 26.1 Å². The second-order valence-corrected chi connectivity index (χ2v) is 8.27. The van der Waals surface area contributed by atoms with Crippen LogP contribution in [0.3, 0.4) is 0 Å². The first-order valence-corrected chi connectivity index (χ1v) is 7.52. The van der Waals surface area contributed by atoms with Crippen LogP contribution in [0, 0.1) is 5.92 Å². The molecule has 100 valence electrons. The van der Waals surface area contributed by atoms with Crippen molar-refractivity contribution in [3.05, 3.63) is 0 Å². The van der Waals surface area contributed by atoms with Crippen LogP contribution in [0.25, 0.3) is 0 Å². The minimum absolute atomic E-state index is 0.0490. The number of rotatable bonds is 3. The van der Waals surface area contributed by atoms with Crippen molar-refractivity contribution >= 4 is 15.7 Å². The maximum atomic E-state index is 12.0. The Balaban J connectivity index is 2.78. The Bertz CT molecular complexity index is 419. The summed E-state index contributed by atoms with van der Waals surface area (Å²) in [6.45, 7) is 6.98. The summed E-state index contributed by atoms with van der Waals surface area (Å²) in [4.78, 5) is 13.4. The van der Waals surface area contributed by atoms with Gasteiger partial charge in [-0.15, -0.1) is 0 Å². The number of β-amino-alcohol motifs (C(OH)–C–C–N with tert-alkyl or cyclic N) is 1. The highest BCUT2D eigenvalue weighted by atomic mass is 32.2. The van der Waals surface area contributed by atoms with Gasteiger partial charge >= 0.3 is 0 Å². The lowest BCUT2D eigenvalue weighted by Crippen LogP contribution is -2.69. The molecular weight excluding hydrogens is 242 g/mol. The van der Waals surface area contributed by atoms with Crippen LogP contribution in [-0.2, 0) is 14.6 Å². The molecule has 0 aromatic carbocycles. The fraction of sp³-hybridized carbons (Fsp3) is 0.909. The van der Waals surface area contributed by atoms with Gasteiger partial charge in [0.05, 0.1) is 13.1 Å². The molecule has 0 unspecified atom stereocenters. The largest absolute Gasteiger partial charge is 0.386 e. The van der Waals surface area contributed by atoms with Gasteiger partial charge in [0.15, 0.2) is 9.84 Å². The van der Waals surface area contributed by atoms with Crippen molar-refractivity contribution in [2.45, 2.75) is 38.0 Å². The van der Waals surface area contributed by atoms with Crippen molar-refractivity contribution in [2.75, 3.05) is 19.3 Å². The summed E-state index contributed by atoms with van der Waals surface area (Å²) in [7, 11) is -3.45. The van der Waals surface area contributed by atoms with Crippen molar-refractivity contribution in [1.29, 1.82) is 0 Å². The highest BCUT2D eigenvalue weighted by molar-refractivity contribution is 7.92. The highest BCUT2D eigenvalue weighted by Gasteiger charge is 2.51. The number of nitrogens with zero attached hydrogens (tertiary/aromatic N) is 1. The summed E-state index contributed by atoms with van der Waals surface area (Å²) >= 11 is 0. The second-order valence-electron chi connectivity index (χ2n) is 5.70. The molecule has 0 bridgehead atoms. The van der Waals surface area contributed by atoms with E-state index in [-0.39, 0.29) is 19.0 Å². The van der Waals surface area contributed by atoms with E-state index >= 15 is 0 Å². The maximum absolute atomic E-state index is 12.0. The van der Waals surface area contributed by atoms with Crippen LogP contribution >= 0.6 is 0 Å². The van der Waals surface area contributed by atoms with Crippen LogP contribution in [0.4, 0.5) is 0 Å². The van der Waals surface area contributed by atoms with Crippen LogP contribution in [-0.4, -0.2) is 54.0 Å². The van der Waals surface area contributed by atoms with Gasteiger partial charge in [-0.2, -0.15) is 0 Å². The van der Waals surface area contributed by atoms with E-state index in [1.165, 1.54) is 18.7 Å². The molecule has 1 saturated heterocycles. The highest BCUT2D eigenvalue weighted by Crippen LogP contribution is 2.31. The molecule has 0 aromatic heterocycles. The Labute approximate surface area is 103 Å². The summed E-state index contributed by atoms with van der Waals surface area (Å²) in [5.74, 6) is -0.391. The average molecular weight is 263 g/mol. The third-order valence-electron chi connectivity index (χ3n) is 3.73. The topological polar surface area (TPSA) is 74.7 Å². The third kappa shape index (κ3) is 2.33. The minimum Gasteiger partial charge on any atom is -0.386 e. The summed E-state index contributed by atoms with van der Waals surface area (Å²) in [5, 5.41) is 10.0. The molecule has 17 heavy (non-hydrogen) atoms. The zero-order valence-electron chi connectivity index (χ0n) is 11.0. The predicted molar refractivity (Wildman–Crippen MR) is 65.3 cm³/mol. The van der Waals surface area contributed by atoms with Crippen molar-refractivity contribution in [1.82, 2.24) is 4.90 Å². The standard InChI is InChI=1S/C11H21NO4S/c1-8(2)11(14)6-12(7-11)9(13)10(3,4)17(5,15)16/h8,14H,6-7H2,1-5H3. The molecule has 0 radical (unpaired) electrons. The van der Waals surface area contributed by atoms with Crippen molar-refractivity contribution in [3.63, 3.8) is 0 Å². The smallest absolute Gasteiger partial charge is 0.243 e. The SMILES string of the molecule is CC(C)C1(O)CN(C(=O)C(C)(C)S(C)(=O)=O)C1. The summed E-state index contributed by atoms with van der Waals surface area (Å²) in [6, 6.07) is 0. The van der Waals surface area contributed by atoms with Gasteiger partial charge in [0.25, 0.3) is 0 Å². The first-order valence-electron chi connectivity index (χ1n) is 5.63. The molecule has 1 aliphatic rings. The fourth-order valence-corrected chi connectivity index (χ4v) is 2.11. The van der Waals surface area contributed by atoms with Gasteiger partial charge < -0.3 is 10.0 Å².